The molecule has 3 heteroatoms. The minimum absolute atomic E-state index is 0.107. The van der Waals surface area contributed by atoms with Crippen molar-refractivity contribution in [1.29, 1.82) is 0 Å². The van der Waals surface area contributed by atoms with E-state index in [2.05, 4.69) is 37.3 Å². The number of likely N-dealkylation sites (N-methyl/N-ethyl adjacent to an activating group) is 1. The van der Waals surface area contributed by atoms with Gasteiger partial charge in [-0.25, -0.2) is 0 Å². The maximum atomic E-state index is 12.8. The smallest absolute Gasteiger partial charge is 0.257 e. The van der Waals surface area contributed by atoms with Gasteiger partial charge in [0.1, 0.15) is 0 Å². The Morgan fingerprint density at radius 1 is 0.833 bits per heavy atom. The molecule has 24 heavy (non-hydrogen) atoms. The highest BCUT2D eigenvalue weighted by Crippen LogP contribution is 2.57. The Hall–Kier alpha value is -2.68. The second-order valence-electron chi connectivity index (χ2n) is 6.81. The number of aryl methyl sites for hydroxylation is 1. The largest absolute Gasteiger partial charge is 0.278 e. The molecule has 1 aliphatic heterocycles. The third kappa shape index (κ3) is 1.43. The summed E-state index contributed by atoms with van der Waals surface area (Å²) >= 11 is 0. The van der Waals surface area contributed by atoms with E-state index in [4.69, 9.17) is 0 Å². The highest BCUT2D eigenvalue weighted by molar-refractivity contribution is 6.22. The number of amides is 2. The Morgan fingerprint density at radius 3 is 1.96 bits per heavy atom. The van der Waals surface area contributed by atoms with Gasteiger partial charge in [0.15, 0.2) is 0 Å². The number of carbonyl (C=O) groups excluding carboxylic acids is 2. The normalized spacial score (nSPS) is 23.5. The first kappa shape index (κ1) is 13.7. The molecule has 0 spiro atoms. The van der Waals surface area contributed by atoms with Crippen LogP contribution in [0.2, 0.25) is 0 Å². The molecule has 1 heterocycles. The van der Waals surface area contributed by atoms with Crippen molar-refractivity contribution in [2.75, 3.05) is 7.05 Å². The van der Waals surface area contributed by atoms with E-state index in [1.165, 1.54) is 32.7 Å². The molecule has 0 saturated heterocycles. The predicted molar refractivity (Wildman–Crippen MR) is 90.8 cm³/mol. The van der Waals surface area contributed by atoms with Crippen molar-refractivity contribution in [3.8, 4) is 0 Å². The Bertz CT molecular complexity index is 970. The first-order valence-electron chi connectivity index (χ1n) is 8.41. The lowest BCUT2D eigenvalue weighted by molar-refractivity contribution is -0.136. The van der Waals surface area contributed by atoms with E-state index in [-0.39, 0.29) is 23.7 Å². The topological polar surface area (TPSA) is 37.4 Å². The second kappa shape index (κ2) is 4.44. The Balaban J connectivity index is 1.86. The van der Waals surface area contributed by atoms with Crippen LogP contribution in [0.25, 0.3) is 0 Å². The van der Waals surface area contributed by atoms with Crippen LogP contribution < -0.4 is 0 Å². The van der Waals surface area contributed by atoms with E-state index in [1.54, 1.807) is 7.05 Å². The average molecular weight is 315 g/mol. The number of hydrogen-bond donors (Lipinski definition) is 0. The Kier molecular flexibility index (Phi) is 2.54. The number of nitrogens with zero attached hydrogens (tertiary/aromatic N) is 1. The molecule has 4 aliphatic rings. The van der Waals surface area contributed by atoms with Gasteiger partial charge in [-0.1, -0.05) is 49.4 Å². The van der Waals surface area contributed by atoms with Gasteiger partial charge in [0, 0.05) is 30.0 Å². The molecule has 0 unspecified atom stereocenters. The van der Waals surface area contributed by atoms with Crippen LogP contribution in [0.1, 0.15) is 46.6 Å². The molecule has 0 aromatic heterocycles. The molecular weight excluding hydrogens is 298 g/mol. The van der Waals surface area contributed by atoms with Gasteiger partial charge in [0.2, 0.25) is 0 Å². The standard InChI is InChI=1S/C21H17NO2/c1-3-11-8-9-14-15(10-11)17-13-7-5-4-6-12(13)16(14)18-19(17)21(24)22(2)20(18)23/h4-10,16-17H,3H2,1-2H3/t16-,17+/m1/s1. The fourth-order valence-corrected chi connectivity index (χ4v) is 4.59. The molecule has 2 aromatic carbocycles. The van der Waals surface area contributed by atoms with Crippen molar-refractivity contribution in [2.45, 2.75) is 25.2 Å². The predicted octanol–water partition coefficient (Wildman–Crippen LogP) is 3.14. The molecule has 0 N–H and O–H groups in total. The lowest BCUT2D eigenvalue weighted by Crippen LogP contribution is -2.29. The SMILES string of the molecule is CCc1ccc2c(c1)[C@H]1C3=C(C(=O)N(C)C3=O)[C@@H]2c2ccccc21. The summed E-state index contributed by atoms with van der Waals surface area (Å²) in [6, 6.07) is 14.8. The third-order valence-electron chi connectivity index (χ3n) is 5.74. The fourth-order valence-electron chi connectivity index (χ4n) is 4.59. The van der Waals surface area contributed by atoms with Gasteiger partial charge in [-0.15, -0.1) is 0 Å². The molecule has 2 aromatic rings. The molecule has 0 saturated carbocycles. The zero-order valence-corrected chi connectivity index (χ0v) is 13.7. The van der Waals surface area contributed by atoms with Gasteiger partial charge in [-0.05, 0) is 34.2 Å². The van der Waals surface area contributed by atoms with E-state index < -0.39 is 0 Å². The molecular formula is C21H17NO2. The number of carbonyl (C=O) groups is 2. The van der Waals surface area contributed by atoms with Gasteiger partial charge in [-0.3, -0.25) is 14.5 Å². The first-order chi connectivity index (χ1) is 11.6. The number of imide groups is 1. The lowest BCUT2D eigenvalue weighted by atomic mass is 9.61. The summed E-state index contributed by atoms with van der Waals surface area (Å²) in [6.07, 6.45) is 0.963. The zero-order valence-electron chi connectivity index (χ0n) is 13.7. The summed E-state index contributed by atoms with van der Waals surface area (Å²) in [5.41, 5.74) is 7.41. The average Bonchev–Trinajstić information content (AvgIpc) is 2.86. The van der Waals surface area contributed by atoms with Crippen molar-refractivity contribution in [3.63, 3.8) is 0 Å². The quantitative estimate of drug-likeness (QED) is 0.758. The van der Waals surface area contributed by atoms with Crippen LogP contribution in [0.4, 0.5) is 0 Å². The molecule has 6 rings (SSSR count). The summed E-state index contributed by atoms with van der Waals surface area (Å²) in [5.74, 6) is -0.482. The second-order valence-corrected chi connectivity index (χ2v) is 6.81. The summed E-state index contributed by atoms with van der Waals surface area (Å²) in [6.45, 7) is 2.14. The van der Waals surface area contributed by atoms with Crippen molar-refractivity contribution in [3.05, 3.63) is 81.4 Å². The highest BCUT2D eigenvalue weighted by Gasteiger charge is 2.52. The van der Waals surface area contributed by atoms with Gasteiger partial charge >= 0.3 is 0 Å². The third-order valence-corrected chi connectivity index (χ3v) is 5.74. The van der Waals surface area contributed by atoms with Crippen molar-refractivity contribution in [2.24, 2.45) is 0 Å². The van der Waals surface area contributed by atoms with Gasteiger partial charge < -0.3 is 0 Å². The van der Waals surface area contributed by atoms with Crippen LogP contribution >= 0.6 is 0 Å². The van der Waals surface area contributed by atoms with E-state index in [0.29, 0.717) is 11.1 Å². The van der Waals surface area contributed by atoms with Crippen LogP contribution in [0.3, 0.4) is 0 Å². The van der Waals surface area contributed by atoms with Gasteiger partial charge in [-0.2, -0.15) is 0 Å². The van der Waals surface area contributed by atoms with Crippen LogP contribution in [-0.2, 0) is 16.0 Å². The van der Waals surface area contributed by atoms with Crippen LogP contribution in [-0.4, -0.2) is 23.8 Å². The fraction of sp³-hybridized carbons (Fsp3) is 0.238. The maximum absolute atomic E-state index is 12.8. The number of hydrogen-bond acceptors (Lipinski definition) is 2. The molecule has 0 fully saturated rings. The molecule has 2 atom stereocenters. The van der Waals surface area contributed by atoms with Crippen molar-refractivity contribution >= 4 is 11.8 Å². The molecule has 118 valence electrons. The van der Waals surface area contributed by atoms with E-state index in [0.717, 1.165) is 6.42 Å². The summed E-state index contributed by atoms with van der Waals surface area (Å²) < 4.78 is 0. The van der Waals surface area contributed by atoms with Crippen LogP contribution in [0.5, 0.6) is 0 Å². The number of rotatable bonds is 1. The minimum Gasteiger partial charge on any atom is -0.278 e. The van der Waals surface area contributed by atoms with Gasteiger partial charge in [0.25, 0.3) is 11.8 Å². The lowest BCUT2D eigenvalue weighted by Gasteiger charge is -2.40. The summed E-state index contributed by atoms with van der Waals surface area (Å²) in [4.78, 5) is 26.8. The Labute approximate surface area is 140 Å². The van der Waals surface area contributed by atoms with Crippen molar-refractivity contribution < 1.29 is 9.59 Å². The summed E-state index contributed by atoms with van der Waals surface area (Å²) in [5, 5.41) is 0. The van der Waals surface area contributed by atoms with Crippen molar-refractivity contribution in [1.82, 2.24) is 4.90 Å². The van der Waals surface area contributed by atoms with Gasteiger partial charge in [0.05, 0.1) is 0 Å². The molecule has 3 nitrogen and oxygen atoms in total. The molecule has 3 aliphatic carbocycles. The van der Waals surface area contributed by atoms with Crippen LogP contribution in [0, 0.1) is 0 Å². The first-order valence-corrected chi connectivity index (χ1v) is 8.41. The van der Waals surface area contributed by atoms with Crippen LogP contribution in [0.15, 0.2) is 53.6 Å². The van der Waals surface area contributed by atoms with E-state index in [9.17, 15) is 9.59 Å². The minimum atomic E-state index is -0.135. The molecule has 2 bridgehead atoms. The molecule has 2 amide bonds. The van der Waals surface area contributed by atoms with E-state index in [1.807, 2.05) is 12.1 Å². The monoisotopic (exact) mass is 315 g/mol. The maximum Gasteiger partial charge on any atom is 0.257 e. The van der Waals surface area contributed by atoms with E-state index >= 15 is 0 Å². The summed E-state index contributed by atoms with van der Waals surface area (Å²) in [7, 11) is 1.59. The zero-order chi connectivity index (χ0) is 16.6. The number of benzene rings is 2. The Morgan fingerprint density at radius 2 is 1.38 bits per heavy atom. The molecule has 0 radical (unpaired) electrons. The highest BCUT2D eigenvalue weighted by atomic mass is 16.2.